The van der Waals surface area contributed by atoms with Gasteiger partial charge in [0.2, 0.25) is 0 Å². The first kappa shape index (κ1) is 17.4. The number of nitrogens with one attached hydrogen (secondary N) is 1. The van der Waals surface area contributed by atoms with Crippen molar-refractivity contribution in [2.45, 2.75) is 19.0 Å². The van der Waals surface area contributed by atoms with Crippen LogP contribution in [0.2, 0.25) is 0 Å². The standard InChI is InChI=1S/C20H21N3O4/c1-26-18-4-2-3-13-9-15(11-27-19(13)18)22-20(25)14-5-6-17-16(10-14)21-12-23(17)7-8-24/h2-6,10,12,15,24H,7-9,11H2,1H3,(H,22,25). The third-order valence-corrected chi connectivity index (χ3v) is 4.73. The number of hydrogen-bond donors (Lipinski definition) is 2. The second-order valence-corrected chi connectivity index (χ2v) is 6.50. The molecule has 0 aliphatic carbocycles. The van der Waals surface area contributed by atoms with E-state index in [1.54, 1.807) is 25.6 Å². The number of carbonyl (C=O) groups is 1. The Morgan fingerprint density at radius 3 is 3.11 bits per heavy atom. The average Bonchev–Trinajstić information content (AvgIpc) is 3.09. The molecule has 2 heterocycles. The Kier molecular flexibility index (Phi) is 4.68. The average molecular weight is 367 g/mol. The molecule has 3 aromatic rings. The molecule has 1 amide bonds. The number of imidazole rings is 1. The van der Waals surface area contributed by atoms with Crippen molar-refractivity contribution in [1.29, 1.82) is 0 Å². The minimum atomic E-state index is -0.159. The van der Waals surface area contributed by atoms with Gasteiger partial charge in [0, 0.05) is 17.7 Å². The van der Waals surface area contributed by atoms with Crippen LogP contribution < -0.4 is 14.8 Å². The normalized spacial score (nSPS) is 15.9. The Hall–Kier alpha value is -3.06. The summed E-state index contributed by atoms with van der Waals surface area (Å²) in [6.45, 7) is 0.915. The van der Waals surface area contributed by atoms with E-state index >= 15 is 0 Å². The number of para-hydroxylation sites is 1. The fourth-order valence-corrected chi connectivity index (χ4v) is 3.41. The highest BCUT2D eigenvalue weighted by molar-refractivity contribution is 5.97. The van der Waals surface area contributed by atoms with Crippen LogP contribution in [0, 0.1) is 0 Å². The molecule has 2 aromatic carbocycles. The topological polar surface area (TPSA) is 85.6 Å². The van der Waals surface area contributed by atoms with Crippen LogP contribution in [0.4, 0.5) is 0 Å². The van der Waals surface area contributed by atoms with Crippen LogP contribution in [0.15, 0.2) is 42.7 Å². The van der Waals surface area contributed by atoms with E-state index in [4.69, 9.17) is 14.6 Å². The Morgan fingerprint density at radius 1 is 1.41 bits per heavy atom. The van der Waals surface area contributed by atoms with Gasteiger partial charge in [0.1, 0.15) is 6.61 Å². The molecule has 0 saturated carbocycles. The van der Waals surface area contributed by atoms with Crippen LogP contribution in [0.25, 0.3) is 11.0 Å². The minimum absolute atomic E-state index is 0.0433. The Morgan fingerprint density at radius 2 is 2.30 bits per heavy atom. The number of ether oxygens (including phenoxy) is 2. The van der Waals surface area contributed by atoms with E-state index in [2.05, 4.69) is 10.3 Å². The van der Waals surface area contributed by atoms with Crippen molar-refractivity contribution in [2.75, 3.05) is 20.3 Å². The Bertz CT molecular complexity index is 983. The lowest BCUT2D eigenvalue weighted by atomic mass is 10.0. The van der Waals surface area contributed by atoms with E-state index < -0.39 is 0 Å². The van der Waals surface area contributed by atoms with Gasteiger partial charge in [0.05, 0.1) is 37.1 Å². The van der Waals surface area contributed by atoms with E-state index in [1.165, 1.54) is 0 Å². The van der Waals surface area contributed by atoms with Gasteiger partial charge >= 0.3 is 0 Å². The number of aliphatic hydroxyl groups excluding tert-OH is 1. The number of methoxy groups -OCH3 is 1. The maximum atomic E-state index is 12.7. The molecule has 1 aliphatic heterocycles. The number of benzene rings is 2. The van der Waals surface area contributed by atoms with Crippen molar-refractivity contribution in [1.82, 2.24) is 14.9 Å². The van der Waals surface area contributed by atoms with Gasteiger partial charge < -0.3 is 24.5 Å². The molecule has 1 aliphatic rings. The molecule has 4 rings (SSSR count). The van der Waals surface area contributed by atoms with E-state index in [1.807, 2.05) is 28.8 Å². The number of amides is 1. The van der Waals surface area contributed by atoms with Gasteiger partial charge in [-0.1, -0.05) is 12.1 Å². The second kappa shape index (κ2) is 7.28. The summed E-state index contributed by atoms with van der Waals surface area (Å²) in [4.78, 5) is 17.0. The van der Waals surface area contributed by atoms with E-state index in [0.717, 1.165) is 22.3 Å². The van der Waals surface area contributed by atoms with Gasteiger partial charge in [-0.25, -0.2) is 4.98 Å². The summed E-state index contributed by atoms with van der Waals surface area (Å²) in [7, 11) is 1.62. The first-order chi connectivity index (χ1) is 13.2. The van der Waals surface area contributed by atoms with E-state index in [9.17, 15) is 4.79 Å². The third-order valence-electron chi connectivity index (χ3n) is 4.73. The highest BCUT2D eigenvalue weighted by atomic mass is 16.5. The van der Waals surface area contributed by atoms with Gasteiger partial charge in [-0.3, -0.25) is 4.79 Å². The lowest BCUT2D eigenvalue weighted by molar-refractivity contribution is 0.0914. The number of nitrogens with zero attached hydrogens (tertiary/aromatic N) is 2. The lowest BCUT2D eigenvalue weighted by Crippen LogP contribution is -2.42. The Labute approximate surface area is 156 Å². The van der Waals surface area contributed by atoms with Gasteiger partial charge in [-0.05, 0) is 30.7 Å². The molecule has 1 aromatic heterocycles. The molecule has 0 spiro atoms. The molecule has 0 bridgehead atoms. The van der Waals surface area contributed by atoms with Crippen LogP contribution in [-0.4, -0.2) is 46.9 Å². The quantitative estimate of drug-likeness (QED) is 0.718. The molecule has 1 unspecified atom stereocenters. The largest absolute Gasteiger partial charge is 0.493 e. The van der Waals surface area contributed by atoms with Crippen molar-refractivity contribution in [2.24, 2.45) is 0 Å². The van der Waals surface area contributed by atoms with Crippen LogP contribution >= 0.6 is 0 Å². The number of aromatic nitrogens is 2. The molecule has 0 saturated heterocycles. The smallest absolute Gasteiger partial charge is 0.251 e. The van der Waals surface area contributed by atoms with E-state index in [0.29, 0.717) is 30.9 Å². The van der Waals surface area contributed by atoms with Crippen molar-refractivity contribution in [3.05, 3.63) is 53.9 Å². The number of hydrogen-bond acceptors (Lipinski definition) is 5. The molecular weight excluding hydrogens is 346 g/mol. The highest BCUT2D eigenvalue weighted by Crippen LogP contribution is 2.34. The summed E-state index contributed by atoms with van der Waals surface area (Å²) in [6.07, 6.45) is 2.35. The van der Waals surface area contributed by atoms with Crippen molar-refractivity contribution in [3.8, 4) is 11.5 Å². The predicted molar refractivity (Wildman–Crippen MR) is 100 cm³/mol. The van der Waals surface area contributed by atoms with Crippen LogP contribution in [0.3, 0.4) is 0 Å². The first-order valence-electron chi connectivity index (χ1n) is 8.85. The van der Waals surface area contributed by atoms with Crippen LogP contribution in [-0.2, 0) is 13.0 Å². The van der Waals surface area contributed by atoms with Crippen molar-refractivity contribution in [3.63, 3.8) is 0 Å². The fourth-order valence-electron chi connectivity index (χ4n) is 3.41. The summed E-state index contributed by atoms with van der Waals surface area (Å²) >= 11 is 0. The number of aliphatic hydroxyl groups is 1. The fraction of sp³-hybridized carbons (Fsp3) is 0.300. The molecule has 2 N–H and O–H groups in total. The maximum absolute atomic E-state index is 12.7. The molecule has 140 valence electrons. The van der Waals surface area contributed by atoms with Crippen LogP contribution in [0.5, 0.6) is 11.5 Å². The molecular formula is C20H21N3O4. The highest BCUT2D eigenvalue weighted by Gasteiger charge is 2.24. The number of rotatable bonds is 5. The van der Waals surface area contributed by atoms with Crippen molar-refractivity contribution < 1.29 is 19.4 Å². The summed E-state index contributed by atoms with van der Waals surface area (Å²) in [5.41, 5.74) is 3.19. The predicted octanol–water partition coefficient (Wildman–Crippen LogP) is 1.77. The van der Waals surface area contributed by atoms with E-state index in [-0.39, 0.29) is 18.6 Å². The molecule has 0 fully saturated rings. The first-order valence-corrected chi connectivity index (χ1v) is 8.85. The van der Waals surface area contributed by atoms with Gasteiger partial charge in [0.15, 0.2) is 11.5 Å². The summed E-state index contributed by atoms with van der Waals surface area (Å²) in [5, 5.41) is 12.1. The molecule has 0 radical (unpaired) electrons. The third kappa shape index (κ3) is 3.33. The minimum Gasteiger partial charge on any atom is -0.493 e. The monoisotopic (exact) mass is 367 g/mol. The summed E-state index contributed by atoms with van der Waals surface area (Å²) < 4.78 is 13.0. The Balaban J connectivity index is 1.48. The van der Waals surface area contributed by atoms with Gasteiger partial charge in [0.25, 0.3) is 5.91 Å². The summed E-state index contributed by atoms with van der Waals surface area (Å²) in [5.74, 6) is 1.30. The van der Waals surface area contributed by atoms with Gasteiger partial charge in [-0.2, -0.15) is 0 Å². The number of carbonyl (C=O) groups excluding carboxylic acids is 1. The SMILES string of the molecule is COc1cccc2c1OCC(NC(=O)c1ccc3c(c1)ncn3CCO)C2. The molecule has 27 heavy (non-hydrogen) atoms. The molecule has 1 atom stereocenters. The lowest BCUT2D eigenvalue weighted by Gasteiger charge is -2.27. The number of fused-ring (bicyclic) bond motifs is 2. The maximum Gasteiger partial charge on any atom is 0.251 e. The zero-order chi connectivity index (χ0) is 18.8. The zero-order valence-corrected chi connectivity index (χ0v) is 15.0. The van der Waals surface area contributed by atoms with Crippen LogP contribution in [0.1, 0.15) is 15.9 Å². The molecule has 7 nitrogen and oxygen atoms in total. The zero-order valence-electron chi connectivity index (χ0n) is 15.0. The summed E-state index contributed by atoms with van der Waals surface area (Å²) in [6, 6.07) is 11.0. The molecule has 7 heteroatoms. The van der Waals surface area contributed by atoms with Crippen molar-refractivity contribution >= 4 is 16.9 Å². The second-order valence-electron chi connectivity index (χ2n) is 6.50. The van der Waals surface area contributed by atoms with Gasteiger partial charge in [-0.15, -0.1) is 0 Å².